The van der Waals surface area contributed by atoms with Crippen LogP contribution in [0.15, 0.2) is 24.3 Å². The first kappa shape index (κ1) is 43.3. The minimum Gasteiger partial charge on any atom is -0.428 e. The van der Waals surface area contributed by atoms with Gasteiger partial charge in [0.1, 0.15) is 5.75 Å². The predicted molar refractivity (Wildman–Crippen MR) is 103 cm³/mol. The monoisotopic (exact) mass is 770 g/mol. The molecule has 2 nitrogen and oxygen atoms in total. The van der Waals surface area contributed by atoms with E-state index in [0.717, 1.165) is 7.11 Å². The molecule has 0 aliphatic heterocycles. The summed E-state index contributed by atoms with van der Waals surface area (Å²) in [6.07, 6.45) is -15.6. The lowest BCUT2D eigenvalue weighted by Gasteiger charge is -2.45. The van der Waals surface area contributed by atoms with Gasteiger partial charge in [-0.3, -0.25) is 0 Å². The Kier molecular flexibility index (Phi) is 10.8. The predicted octanol–water partition coefficient (Wildman–Crippen LogP) is 9.76. The van der Waals surface area contributed by atoms with Crippen LogP contribution in [0.3, 0.4) is 0 Å². The number of ether oxygens (including phenoxy) is 2. The number of hydrogen-bond acceptors (Lipinski definition) is 2. The van der Waals surface area contributed by atoms with E-state index in [-0.39, 0.29) is 30.7 Å². The molecule has 0 aliphatic rings. The Morgan fingerprint density at radius 3 is 0.938 bits per heavy atom. The molecule has 1 rings (SSSR count). The van der Waals surface area contributed by atoms with Gasteiger partial charge in [-0.25, -0.2) is 0 Å². The fourth-order valence-corrected chi connectivity index (χ4v) is 3.09. The van der Waals surface area contributed by atoms with Crippen molar-refractivity contribution in [2.45, 2.75) is 77.9 Å². The number of alkyl halides is 25. The number of methoxy groups -OCH3 is 1. The lowest BCUT2D eigenvalue weighted by atomic mass is 9.85. The van der Waals surface area contributed by atoms with Crippen molar-refractivity contribution >= 4 is 0 Å². The first-order chi connectivity index (χ1) is 20.8. The van der Waals surface area contributed by atoms with Crippen LogP contribution in [-0.2, 0) is 11.2 Å². The Morgan fingerprint density at radius 2 is 0.667 bits per heavy atom. The molecule has 0 bridgehead atoms. The summed E-state index contributed by atoms with van der Waals surface area (Å²) in [6, 6.07) is 1.68. The van der Waals surface area contributed by atoms with Crippen molar-refractivity contribution in [1.82, 2.24) is 0 Å². The van der Waals surface area contributed by atoms with Crippen molar-refractivity contribution in [1.29, 1.82) is 0 Å². The molecule has 1 aromatic carbocycles. The average molecular weight is 770 g/mol. The van der Waals surface area contributed by atoms with Crippen LogP contribution in [0.25, 0.3) is 0 Å². The van der Waals surface area contributed by atoms with E-state index in [1.807, 2.05) is 0 Å². The molecule has 0 aliphatic carbocycles. The van der Waals surface area contributed by atoms with Gasteiger partial charge in [-0.2, -0.15) is 110 Å². The molecule has 282 valence electrons. The highest BCUT2D eigenvalue weighted by molar-refractivity contribution is 5.28. The Labute approximate surface area is 247 Å². The van der Waals surface area contributed by atoms with E-state index in [0.29, 0.717) is 12.1 Å². The maximum Gasteiger partial charge on any atom is 0.471 e. The number of hydrogen-bond donors (Lipinski definition) is 0. The summed E-state index contributed by atoms with van der Waals surface area (Å²) in [7, 11) is 1.13. The lowest BCUT2D eigenvalue weighted by Crippen LogP contribution is -2.78. The summed E-state index contributed by atoms with van der Waals surface area (Å²) < 4.78 is 345. The van der Waals surface area contributed by atoms with E-state index in [4.69, 9.17) is 0 Å². The second-order valence-electron chi connectivity index (χ2n) is 9.25. The molecule has 1 aromatic rings. The molecule has 0 N–H and O–H groups in total. The van der Waals surface area contributed by atoms with E-state index < -0.39 is 77.3 Å². The van der Waals surface area contributed by atoms with Crippen LogP contribution >= 0.6 is 0 Å². The third kappa shape index (κ3) is 5.81. The van der Waals surface area contributed by atoms with Gasteiger partial charge < -0.3 is 9.47 Å². The zero-order chi connectivity index (χ0) is 38.8. The van der Waals surface area contributed by atoms with Crippen LogP contribution < -0.4 is 4.74 Å². The Hall–Kier alpha value is -2.77. The average Bonchev–Trinajstić information content (AvgIpc) is 2.90. The molecule has 0 radical (unpaired) electrons. The van der Waals surface area contributed by atoms with Gasteiger partial charge in [-0.05, 0) is 24.1 Å². The fourth-order valence-electron chi connectivity index (χ4n) is 3.09. The zero-order valence-corrected chi connectivity index (χ0v) is 22.0. The number of halogens is 25. The van der Waals surface area contributed by atoms with Crippen molar-refractivity contribution in [3.8, 4) is 5.75 Å². The summed E-state index contributed by atoms with van der Waals surface area (Å²) in [5, 5.41) is 0. The molecular weight excluding hydrogens is 759 g/mol. The minimum atomic E-state index is -9.63. The molecule has 0 saturated heterocycles. The second-order valence-corrected chi connectivity index (χ2v) is 9.25. The summed E-state index contributed by atoms with van der Waals surface area (Å²) >= 11 is 0. The molecule has 0 spiro atoms. The van der Waals surface area contributed by atoms with Crippen molar-refractivity contribution in [3.05, 3.63) is 29.8 Å². The van der Waals surface area contributed by atoms with Crippen molar-refractivity contribution < 1.29 is 119 Å². The minimum absolute atomic E-state index is 0.0567. The van der Waals surface area contributed by atoms with Crippen molar-refractivity contribution in [3.63, 3.8) is 0 Å². The lowest BCUT2D eigenvalue weighted by molar-refractivity contribution is -0.486. The van der Waals surface area contributed by atoms with E-state index in [2.05, 4.69) is 9.47 Å². The van der Waals surface area contributed by atoms with Crippen LogP contribution in [-0.4, -0.2) is 85.2 Å². The van der Waals surface area contributed by atoms with Gasteiger partial charge in [0.25, 0.3) is 0 Å². The highest BCUT2D eigenvalue weighted by atomic mass is 19.4. The van der Waals surface area contributed by atoms with Gasteiger partial charge in [0.15, 0.2) is 0 Å². The fraction of sp³-hybridized carbons (Fsp3) is 0.714. The summed E-state index contributed by atoms with van der Waals surface area (Å²) in [4.78, 5) is 0. The summed E-state index contributed by atoms with van der Waals surface area (Å²) in [5.41, 5.74) is 0.0567. The Morgan fingerprint density at radius 1 is 0.396 bits per heavy atom. The van der Waals surface area contributed by atoms with E-state index >= 15 is 0 Å². The van der Waals surface area contributed by atoms with Crippen LogP contribution in [0.2, 0.25) is 0 Å². The van der Waals surface area contributed by atoms with Gasteiger partial charge in [-0.15, -0.1) is 0 Å². The van der Waals surface area contributed by atoms with E-state index in [1.165, 1.54) is 0 Å². The Balaban J connectivity index is 3.75. The standard InChI is InChI=1S/C21H11F25O2/c1-47-7-6-8-2-4-9(5-3-8)48-21(45,46)19(40,41)17(36,37)15(32,33)13(28,29)11(24,25)10(22,23)12(26,27)14(30,31)16(34,35)18(38,39)20(42,43)44/h2-5H,6-7H2,1H3. The first-order valence-corrected chi connectivity index (χ1v) is 11.3. The number of rotatable bonds is 15. The summed E-state index contributed by atoms with van der Waals surface area (Å²) in [6.45, 7) is -0.111. The molecule has 48 heavy (non-hydrogen) atoms. The largest absolute Gasteiger partial charge is 0.471 e. The van der Waals surface area contributed by atoms with Crippen LogP contribution in [0, 0.1) is 0 Å². The van der Waals surface area contributed by atoms with Gasteiger partial charge in [0.2, 0.25) is 0 Å². The molecule has 0 atom stereocenters. The molecule has 0 fully saturated rings. The quantitative estimate of drug-likeness (QED) is 0.166. The van der Waals surface area contributed by atoms with E-state index in [1.54, 1.807) is 0 Å². The summed E-state index contributed by atoms with van der Waals surface area (Å²) in [5.74, 6) is -93.8. The topological polar surface area (TPSA) is 18.5 Å². The van der Waals surface area contributed by atoms with Crippen LogP contribution in [0.4, 0.5) is 110 Å². The van der Waals surface area contributed by atoms with Gasteiger partial charge in [0, 0.05) is 7.11 Å². The highest BCUT2D eigenvalue weighted by Crippen LogP contribution is 2.67. The highest BCUT2D eigenvalue weighted by Gasteiger charge is 2.99. The maximum absolute atomic E-state index is 14.0. The second kappa shape index (κ2) is 11.9. The first-order valence-electron chi connectivity index (χ1n) is 11.3. The Bertz CT molecular complexity index is 1260. The van der Waals surface area contributed by atoms with E-state index in [9.17, 15) is 110 Å². The SMILES string of the molecule is COCCc1ccc(OC(F)(F)C(F)(F)C(F)(F)C(F)(F)C(F)(F)C(F)(F)C(F)(F)C(F)(F)C(F)(F)C(F)(F)C(F)(F)C(F)(F)F)cc1. The van der Waals surface area contributed by atoms with Crippen LogP contribution in [0.1, 0.15) is 5.56 Å². The number of benzene rings is 1. The third-order valence-corrected chi connectivity index (χ3v) is 6.03. The van der Waals surface area contributed by atoms with Crippen molar-refractivity contribution in [2.24, 2.45) is 0 Å². The normalized spacial score (nSPS) is 16.0. The van der Waals surface area contributed by atoms with Gasteiger partial charge >= 0.3 is 71.5 Å². The molecule has 0 saturated carbocycles. The zero-order valence-electron chi connectivity index (χ0n) is 22.0. The molecule has 0 amide bonds. The molecule has 0 heterocycles. The smallest absolute Gasteiger partial charge is 0.428 e. The molecule has 27 heteroatoms. The van der Waals surface area contributed by atoms with Crippen LogP contribution in [0.5, 0.6) is 5.75 Å². The maximum atomic E-state index is 14.0. The molecule has 0 aromatic heterocycles. The third-order valence-electron chi connectivity index (χ3n) is 6.03. The molecular formula is C21H11F25O2. The molecule has 0 unspecified atom stereocenters. The van der Waals surface area contributed by atoms with Gasteiger partial charge in [-0.1, -0.05) is 12.1 Å². The van der Waals surface area contributed by atoms with Gasteiger partial charge in [0.05, 0.1) is 6.61 Å². The van der Waals surface area contributed by atoms with Crippen molar-refractivity contribution in [2.75, 3.05) is 13.7 Å².